The fourth-order valence-electron chi connectivity index (χ4n) is 3.52. The molecule has 0 saturated carbocycles. The highest BCUT2D eigenvalue weighted by Crippen LogP contribution is 2.31. The van der Waals surface area contributed by atoms with E-state index in [0.29, 0.717) is 43.0 Å². The largest absolute Gasteiger partial charge is 0.497 e. The van der Waals surface area contributed by atoms with E-state index >= 15 is 0 Å². The third-order valence-corrected chi connectivity index (χ3v) is 7.46. The van der Waals surface area contributed by atoms with Gasteiger partial charge in [0, 0.05) is 24.7 Å². The highest BCUT2D eigenvalue weighted by Gasteiger charge is 2.32. The Morgan fingerprint density at radius 1 is 1.00 bits per heavy atom. The third-order valence-electron chi connectivity index (χ3n) is 5.54. The summed E-state index contributed by atoms with van der Waals surface area (Å²) >= 11 is 0. The summed E-state index contributed by atoms with van der Waals surface area (Å²) in [6, 6.07) is 10.2. The minimum Gasteiger partial charge on any atom is -0.497 e. The highest BCUT2D eigenvalue weighted by molar-refractivity contribution is 7.89. The second kappa shape index (κ2) is 9.06. The van der Waals surface area contributed by atoms with Gasteiger partial charge in [-0.25, -0.2) is 8.42 Å². The average molecular weight is 433 g/mol. The second-order valence-corrected chi connectivity index (χ2v) is 9.37. The first-order valence-electron chi connectivity index (χ1n) is 9.86. The van der Waals surface area contributed by atoms with Crippen LogP contribution in [0.5, 0.6) is 11.5 Å². The van der Waals surface area contributed by atoms with E-state index in [4.69, 9.17) is 9.47 Å². The van der Waals surface area contributed by atoms with Gasteiger partial charge in [-0.15, -0.1) is 0 Å². The Balaban J connectivity index is 1.66. The number of sulfonamides is 1. The number of piperidine rings is 1. The monoisotopic (exact) mass is 432 g/mol. The minimum atomic E-state index is -3.67. The molecule has 0 aromatic heterocycles. The number of ether oxygens (including phenoxy) is 2. The van der Waals surface area contributed by atoms with E-state index in [9.17, 15) is 13.2 Å². The van der Waals surface area contributed by atoms with Crippen molar-refractivity contribution in [3.63, 3.8) is 0 Å². The number of aryl methyl sites for hydroxylation is 2. The summed E-state index contributed by atoms with van der Waals surface area (Å²) in [5.41, 5.74) is 2.42. The van der Waals surface area contributed by atoms with Gasteiger partial charge in [0.2, 0.25) is 10.0 Å². The lowest BCUT2D eigenvalue weighted by Crippen LogP contribution is -2.46. The molecule has 3 rings (SSSR count). The lowest BCUT2D eigenvalue weighted by atomic mass is 10.1. The Morgan fingerprint density at radius 2 is 1.60 bits per heavy atom. The molecule has 2 aromatic carbocycles. The summed E-state index contributed by atoms with van der Waals surface area (Å²) in [6.07, 6.45) is 1.10. The van der Waals surface area contributed by atoms with Crippen molar-refractivity contribution in [2.75, 3.05) is 27.3 Å². The van der Waals surface area contributed by atoms with Gasteiger partial charge in [0.25, 0.3) is 5.91 Å². The van der Waals surface area contributed by atoms with E-state index in [0.717, 1.165) is 11.1 Å². The van der Waals surface area contributed by atoms with Crippen LogP contribution >= 0.6 is 0 Å². The molecule has 0 aliphatic carbocycles. The number of rotatable bonds is 6. The maximum absolute atomic E-state index is 13.2. The molecule has 162 valence electrons. The van der Waals surface area contributed by atoms with Crippen LogP contribution in [0.1, 0.15) is 34.3 Å². The fourth-order valence-corrected chi connectivity index (χ4v) is 5.21. The lowest BCUT2D eigenvalue weighted by Gasteiger charge is -2.32. The maximum atomic E-state index is 13.2. The number of hydrogen-bond donors (Lipinski definition) is 1. The summed E-state index contributed by atoms with van der Waals surface area (Å²) in [6.45, 7) is 4.48. The van der Waals surface area contributed by atoms with E-state index < -0.39 is 10.0 Å². The molecule has 0 atom stereocenters. The Morgan fingerprint density at radius 3 is 2.17 bits per heavy atom. The van der Waals surface area contributed by atoms with Crippen molar-refractivity contribution < 1.29 is 22.7 Å². The van der Waals surface area contributed by atoms with Gasteiger partial charge in [-0.05, 0) is 74.2 Å². The van der Waals surface area contributed by atoms with Crippen LogP contribution in [0.25, 0.3) is 0 Å². The van der Waals surface area contributed by atoms with Gasteiger partial charge in [0.05, 0.1) is 14.2 Å². The van der Waals surface area contributed by atoms with Gasteiger partial charge in [-0.2, -0.15) is 4.31 Å². The van der Waals surface area contributed by atoms with E-state index in [2.05, 4.69) is 5.32 Å². The normalized spacial score (nSPS) is 15.6. The quantitative estimate of drug-likeness (QED) is 0.759. The van der Waals surface area contributed by atoms with Crippen LogP contribution < -0.4 is 14.8 Å². The van der Waals surface area contributed by atoms with E-state index in [1.807, 2.05) is 13.8 Å². The predicted octanol–water partition coefficient (Wildman–Crippen LogP) is 2.90. The van der Waals surface area contributed by atoms with E-state index in [-0.39, 0.29) is 16.8 Å². The standard InChI is InChI=1S/C22H28N2O5S/c1-15-13-20(29-4)21(14-16(15)2)30(26,27)24-11-9-18(10-12-24)23-22(25)17-5-7-19(28-3)8-6-17/h5-8,13-14,18H,9-12H2,1-4H3,(H,23,25). The summed E-state index contributed by atoms with van der Waals surface area (Å²) in [5.74, 6) is 0.870. The average Bonchev–Trinajstić information content (AvgIpc) is 2.75. The Kier molecular flexibility index (Phi) is 6.67. The van der Waals surface area contributed by atoms with Crippen LogP contribution in [0.15, 0.2) is 41.3 Å². The van der Waals surface area contributed by atoms with Crippen LogP contribution in [0, 0.1) is 13.8 Å². The van der Waals surface area contributed by atoms with E-state index in [1.54, 1.807) is 43.5 Å². The minimum absolute atomic E-state index is 0.0762. The maximum Gasteiger partial charge on any atom is 0.251 e. The van der Waals surface area contributed by atoms with Crippen molar-refractivity contribution in [1.29, 1.82) is 0 Å². The Bertz CT molecular complexity index is 1010. The molecule has 0 unspecified atom stereocenters. The molecule has 30 heavy (non-hydrogen) atoms. The zero-order valence-corrected chi connectivity index (χ0v) is 18.6. The summed E-state index contributed by atoms with van der Waals surface area (Å²) in [5, 5.41) is 3.00. The molecule has 7 nitrogen and oxygen atoms in total. The fraction of sp³-hybridized carbons (Fsp3) is 0.409. The van der Waals surface area contributed by atoms with Crippen LogP contribution in [0.2, 0.25) is 0 Å². The van der Waals surface area contributed by atoms with Gasteiger partial charge < -0.3 is 14.8 Å². The highest BCUT2D eigenvalue weighted by atomic mass is 32.2. The number of methoxy groups -OCH3 is 2. The number of nitrogens with one attached hydrogen (secondary N) is 1. The van der Waals surface area contributed by atoms with Gasteiger partial charge >= 0.3 is 0 Å². The van der Waals surface area contributed by atoms with Gasteiger partial charge in [-0.1, -0.05) is 0 Å². The molecule has 2 aromatic rings. The number of amides is 1. The van der Waals surface area contributed by atoms with Crippen LogP contribution in [-0.2, 0) is 10.0 Å². The van der Waals surface area contributed by atoms with Crippen molar-refractivity contribution in [3.8, 4) is 11.5 Å². The Hall–Kier alpha value is -2.58. The molecule has 0 bridgehead atoms. The topological polar surface area (TPSA) is 84.9 Å². The van der Waals surface area contributed by atoms with E-state index in [1.165, 1.54) is 11.4 Å². The number of carbonyl (C=O) groups is 1. The summed E-state index contributed by atoms with van der Waals surface area (Å²) in [7, 11) is -0.624. The molecule has 1 aliphatic rings. The van der Waals surface area contributed by atoms with Gasteiger partial charge in [-0.3, -0.25) is 4.79 Å². The molecule has 1 N–H and O–H groups in total. The molecule has 1 aliphatic heterocycles. The molecule has 1 fully saturated rings. The third kappa shape index (κ3) is 4.60. The van der Waals surface area contributed by atoms with Crippen LogP contribution in [0.4, 0.5) is 0 Å². The smallest absolute Gasteiger partial charge is 0.251 e. The molecular weight excluding hydrogens is 404 g/mol. The van der Waals surface area contributed by atoms with Crippen LogP contribution in [-0.4, -0.2) is 52.0 Å². The van der Waals surface area contributed by atoms with Crippen molar-refractivity contribution >= 4 is 15.9 Å². The molecule has 1 amide bonds. The van der Waals surface area contributed by atoms with Crippen LogP contribution in [0.3, 0.4) is 0 Å². The van der Waals surface area contributed by atoms with Gasteiger partial charge in [0.15, 0.2) is 0 Å². The zero-order valence-electron chi connectivity index (χ0n) is 17.8. The summed E-state index contributed by atoms with van der Waals surface area (Å²) in [4.78, 5) is 12.7. The second-order valence-electron chi connectivity index (χ2n) is 7.47. The molecule has 1 heterocycles. The lowest BCUT2D eigenvalue weighted by molar-refractivity contribution is 0.0924. The molecule has 1 saturated heterocycles. The van der Waals surface area contributed by atoms with Crippen molar-refractivity contribution in [1.82, 2.24) is 9.62 Å². The predicted molar refractivity (Wildman–Crippen MR) is 115 cm³/mol. The molecule has 0 spiro atoms. The number of carbonyl (C=O) groups excluding carboxylic acids is 1. The first-order valence-corrected chi connectivity index (χ1v) is 11.3. The first-order chi connectivity index (χ1) is 14.3. The number of benzene rings is 2. The van der Waals surface area contributed by atoms with Crippen molar-refractivity contribution in [2.24, 2.45) is 0 Å². The first kappa shape index (κ1) is 22.1. The van der Waals surface area contributed by atoms with Crippen molar-refractivity contribution in [3.05, 3.63) is 53.1 Å². The van der Waals surface area contributed by atoms with Crippen molar-refractivity contribution in [2.45, 2.75) is 37.6 Å². The van der Waals surface area contributed by atoms with Gasteiger partial charge in [0.1, 0.15) is 16.4 Å². The molecular formula is C22H28N2O5S. The summed E-state index contributed by atoms with van der Waals surface area (Å²) < 4.78 is 38.3. The molecule has 8 heteroatoms. The Labute approximate surface area is 178 Å². The zero-order chi connectivity index (χ0) is 21.9. The SMILES string of the molecule is COc1ccc(C(=O)NC2CCN(S(=O)(=O)c3cc(C)c(C)cc3OC)CC2)cc1. The number of hydrogen-bond acceptors (Lipinski definition) is 5. The molecule has 0 radical (unpaired) electrons. The number of nitrogens with zero attached hydrogens (tertiary/aromatic N) is 1.